The third-order valence-electron chi connectivity index (χ3n) is 3.87. The number of halogens is 3. The molecule has 0 bridgehead atoms. The lowest BCUT2D eigenvalue weighted by molar-refractivity contribution is -0.197. The van der Waals surface area contributed by atoms with Crippen molar-refractivity contribution in [2.24, 2.45) is 0 Å². The first-order valence-electron chi connectivity index (χ1n) is 6.72. The molecule has 1 atom stereocenters. The second kappa shape index (κ2) is 5.90. The van der Waals surface area contributed by atoms with Gasteiger partial charge in [0.25, 0.3) is 0 Å². The summed E-state index contributed by atoms with van der Waals surface area (Å²) in [6.07, 6.45) is -6.20. The van der Waals surface area contributed by atoms with E-state index >= 15 is 0 Å². The van der Waals surface area contributed by atoms with E-state index in [2.05, 4.69) is 0 Å². The van der Waals surface area contributed by atoms with Crippen molar-refractivity contribution in [2.45, 2.75) is 57.6 Å². The third-order valence-corrected chi connectivity index (χ3v) is 8.36. The zero-order valence-electron chi connectivity index (χ0n) is 12.7. The Hall–Kier alpha value is -0.813. The number of benzene rings is 1. The van der Waals surface area contributed by atoms with Crippen LogP contribution >= 0.6 is 0 Å². The summed E-state index contributed by atoms with van der Waals surface area (Å²) in [5.74, 6) is 0. The van der Waals surface area contributed by atoms with E-state index in [9.17, 15) is 13.2 Å². The van der Waals surface area contributed by atoms with Gasteiger partial charge in [0.1, 0.15) is 6.10 Å². The van der Waals surface area contributed by atoms with Crippen LogP contribution in [0.1, 0.15) is 26.3 Å². The molecule has 0 heterocycles. The smallest absolute Gasteiger partial charge is 0.405 e. The van der Waals surface area contributed by atoms with Gasteiger partial charge < -0.3 is 4.43 Å². The molecule has 5 heteroatoms. The van der Waals surface area contributed by atoms with Crippen LogP contribution in [0.3, 0.4) is 0 Å². The average Bonchev–Trinajstić information content (AvgIpc) is 2.26. The highest BCUT2D eigenvalue weighted by Crippen LogP contribution is 2.40. The Labute approximate surface area is 120 Å². The van der Waals surface area contributed by atoms with Crippen molar-refractivity contribution in [1.82, 2.24) is 0 Å². The summed E-state index contributed by atoms with van der Waals surface area (Å²) in [6.45, 7) is 9.51. The fourth-order valence-corrected chi connectivity index (χ4v) is 2.87. The standard InChI is InChI=1S/C15H23F3OSi/c1-14(2,3)20(4,5)19-13(15(16,17)18)11-12-9-7-6-8-10-12/h6-10,13H,11H2,1-5H3. The minimum absolute atomic E-state index is 0.128. The van der Waals surface area contributed by atoms with Crippen LogP contribution in [0.4, 0.5) is 13.2 Å². The first kappa shape index (κ1) is 17.2. The average molecular weight is 304 g/mol. The maximum atomic E-state index is 13.2. The summed E-state index contributed by atoms with van der Waals surface area (Å²) < 4.78 is 45.2. The van der Waals surface area contributed by atoms with E-state index in [1.54, 1.807) is 30.3 Å². The van der Waals surface area contributed by atoms with Gasteiger partial charge >= 0.3 is 6.18 Å². The Morgan fingerprint density at radius 1 is 1.05 bits per heavy atom. The molecular weight excluding hydrogens is 281 g/mol. The van der Waals surface area contributed by atoms with Gasteiger partial charge in [-0.15, -0.1) is 0 Å². The van der Waals surface area contributed by atoms with E-state index in [0.717, 1.165) is 0 Å². The number of rotatable bonds is 4. The molecule has 0 radical (unpaired) electrons. The zero-order valence-corrected chi connectivity index (χ0v) is 13.7. The maximum absolute atomic E-state index is 13.2. The lowest BCUT2D eigenvalue weighted by atomic mass is 10.1. The molecule has 0 saturated carbocycles. The summed E-state index contributed by atoms with van der Waals surface area (Å²) in [5.41, 5.74) is 0.647. The second-order valence-corrected chi connectivity index (χ2v) is 11.4. The Morgan fingerprint density at radius 3 is 1.95 bits per heavy atom. The summed E-state index contributed by atoms with van der Waals surface area (Å²) in [5, 5.41) is -0.243. The van der Waals surface area contributed by atoms with E-state index in [0.29, 0.717) is 5.56 Å². The van der Waals surface area contributed by atoms with Crippen LogP contribution in [0.5, 0.6) is 0 Å². The highest BCUT2D eigenvalue weighted by atomic mass is 28.4. The van der Waals surface area contributed by atoms with Crippen molar-refractivity contribution in [3.8, 4) is 0 Å². The SMILES string of the molecule is CC(C)(C)[Si](C)(C)OC(Cc1ccccc1)C(F)(F)F. The first-order chi connectivity index (χ1) is 8.93. The second-order valence-electron chi connectivity index (χ2n) is 6.60. The normalized spacial score (nSPS) is 15.2. The van der Waals surface area contributed by atoms with Crippen LogP contribution in [0.25, 0.3) is 0 Å². The highest BCUT2D eigenvalue weighted by molar-refractivity contribution is 6.74. The van der Waals surface area contributed by atoms with Crippen molar-refractivity contribution >= 4 is 8.32 Å². The van der Waals surface area contributed by atoms with Gasteiger partial charge in [-0.1, -0.05) is 51.1 Å². The molecule has 20 heavy (non-hydrogen) atoms. The Kier molecular flexibility index (Phi) is 5.08. The molecule has 1 aromatic carbocycles. The van der Waals surface area contributed by atoms with E-state index < -0.39 is 20.6 Å². The third kappa shape index (κ3) is 4.63. The van der Waals surface area contributed by atoms with Crippen molar-refractivity contribution in [1.29, 1.82) is 0 Å². The summed E-state index contributed by atoms with van der Waals surface area (Å²) in [6, 6.07) is 8.69. The molecule has 0 N–H and O–H groups in total. The molecule has 0 aliphatic carbocycles. The maximum Gasteiger partial charge on any atom is 0.413 e. The molecule has 1 rings (SSSR count). The van der Waals surface area contributed by atoms with Crippen molar-refractivity contribution in [3.63, 3.8) is 0 Å². The molecular formula is C15H23F3OSi. The minimum atomic E-state index is -4.34. The minimum Gasteiger partial charge on any atom is -0.405 e. The van der Waals surface area contributed by atoms with Gasteiger partial charge in [-0.3, -0.25) is 0 Å². The van der Waals surface area contributed by atoms with Crippen LogP contribution in [0.2, 0.25) is 18.1 Å². The van der Waals surface area contributed by atoms with Gasteiger partial charge in [0, 0.05) is 6.42 Å². The summed E-state index contributed by atoms with van der Waals surface area (Å²) in [4.78, 5) is 0. The molecule has 1 aromatic rings. The van der Waals surface area contributed by atoms with E-state index in [4.69, 9.17) is 4.43 Å². The Balaban J connectivity index is 2.93. The fourth-order valence-electron chi connectivity index (χ4n) is 1.58. The number of hydrogen-bond donors (Lipinski definition) is 0. The van der Waals surface area contributed by atoms with Crippen molar-refractivity contribution < 1.29 is 17.6 Å². The van der Waals surface area contributed by atoms with Gasteiger partial charge in [-0.25, -0.2) is 0 Å². The van der Waals surface area contributed by atoms with Crippen molar-refractivity contribution in [3.05, 3.63) is 35.9 Å². The molecule has 0 aromatic heterocycles. The molecule has 0 saturated heterocycles. The molecule has 0 aliphatic heterocycles. The van der Waals surface area contributed by atoms with Gasteiger partial charge in [0.2, 0.25) is 0 Å². The zero-order chi connectivity index (χ0) is 15.6. The fraction of sp³-hybridized carbons (Fsp3) is 0.600. The number of hydrogen-bond acceptors (Lipinski definition) is 1. The van der Waals surface area contributed by atoms with Crippen LogP contribution in [0.15, 0.2) is 30.3 Å². The number of alkyl halides is 3. The lowest BCUT2D eigenvalue weighted by Crippen LogP contribution is -2.48. The molecule has 1 unspecified atom stereocenters. The molecule has 1 nitrogen and oxygen atoms in total. The quantitative estimate of drug-likeness (QED) is 0.696. The van der Waals surface area contributed by atoms with Gasteiger partial charge in [0.15, 0.2) is 8.32 Å². The summed E-state index contributed by atoms with van der Waals surface area (Å²) >= 11 is 0. The Bertz CT molecular complexity index is 421. The topological polar surface area (TPSA) is 9.23 Å². The van der Waals surface area contributed by atoms with E-state index in [-0.39, 0.29) is 11.5 Å². The summed E-state index contributed by atoms with van der Waals surface area (Å²) in [7, 11) is -2.45. The molecule has 0 spiro atoms. The van der Waals surface area contributed by atoms with Crippen LogP contribution < -0.4 is 0 Å². The Morgan fingerprint density at radius 2 is 1.55 bits per heavy atom. The monoisotopic (exact) mass is 304 g/mol. The largest absolute Gasteiger partial charge is 0.413 e. The van der Waals surface area contributed by atoms with Crippen LogP contribution in [-0.2, 0) is 10.8 Å². The molecule has 114 valence electrons. The molecule has 0 amide bonds. The van der Waals surface area contributed by atoms with E-state index in [1.165, 1.54) is 0 Å². The highest BCUT2D eigenvalue weighted by Gasteiger charge is 2.47. The molecule has 0 fully saturated rings. The van der Waals surface area contributed by atoms with E-state index in [1.807, 2.05) is 33.9 Å². The predicted octanol–water partition coefficient (Wildman–Crippen LogP) is 5.18. The van der Waals surface area contributed by atoms with Crippen molar-refractivity contribution in [2.75, 3.05) is 0 Å². The van der Waals surface area contributed by atoms with Crippen LogP contribution in [-0.4, -0.2) is 20.6 Å². The lowest BCUT2D eigenvalue weighted by Gasteiger charge is -2.39. The van der Waals surface area contributed by atoms with Crippen LogP contribution in [0, 0.1) is 0 Å². The van der Waals surface area contributed by atoms with Gasteiger partial charge in [0.05, 0.1) is 0 Å². The first-order valence-corrected chi connectivity index (χ1v) is 9.63. The van der Waals surface area contributed by atoms with Gasteiger partial charge in [-0.2, -0.15) is 13.2 Å². The predicted molar refractivity (Wildman–Crippen MR) is 78.3 cm³/mol. The molecule has 0 aliphatic rings. The van der Waals surface area contributed by atoms with Gasteiger partial charge in [-0.05, 0) is 23.7 Å².